The maximum atomic E-state index is 11.9. The van der Waals surface area contributed by atoms with Crippen LogP contribution in [0.3, 0.4) is 0 Å². The first kappa shape index (κ1) is 14.6. The van der Waals surface area contributed by atoms with Crippen molar-refractivity contribution in [2.24, 2.45) is 11.3 Å². The van der Waals surface area contributed by atoms with Crippen LogP contribution in [0.5, 0.6) is 0 Å². The van der Waals surface area contributed by atoms with Crippen LogP contribution < -0.4 is 0 Å². The minimum absolute atomic E-state index is 0.0953. The Labute approximate surface area is 124 Å². The Morgan fingerprint density at radius 3 is 2.33 bits per heavy atom. The minimum Gasteiger partial charge on any atom is -0.481 e. The molecule has 2 bridgehead atoms. The molecule has 1 N–H and O–H groups in total. The van der Waals surface area contributed by atoms with Crippen molar-refractivity contribution in [3.05, 3.63) is 0 Å². The Bertz CT molecular complexity index is 483. The zero-order valence-electron chi connectivity index (χ0n) is 13.0. The molecule has 0 spiro atoms. The molecule has 3 heterocycles. The first-order valence-corrected chi connectivity index (χ1v) is 7.44. The number of fused-ring (bicyclic) bond motifs is 1. The monoisotopic (exact) mass is 297 g/mol. The number of hydrogen-bond acceptors (Lipinski definition) is 4. The van der Waals surface area contributed by atoms with Gasteiger partial charge in [0.05, 0.1) is 17.1 Å². The van der Waals surface area contributed by atoms with E-state index in [1.54, 1.807) is 4.90 Å². The van der Waals surface area contributed by atoms with Crippen molar-refractivity contribution in [1.29, 1.82) is 0 Å². The van der Waals surface area contributed by atoms with Gasteiger partial charge in [-0.05, 0) is 40.5 Å². The maximum absolute atomic E-state index is 11.9. The Hall–Kier alpha value is -1.30. The summed E-state index contributed by atoms with van der Waals surface area (Å²) >= 11 is 0. The molecule has 3 saturated heterocycles. The first-order chi connectivity index (χ1) is 9.55. The van der Waals surface area contributed by atoms with E-state index in [4.69, 9.17) is 9.47 Å². The van der Waals surface area contributed by atoms with Crippen LogP contribution in [-0.2, 0) is 14.3 Å². The van der Waals surface area contributed by atoms with E-state index in [2.05, 4.69) is 0 Å². The molecule has 1 aliphatic carbocycles. The number of hydrogen-bond donors (Lipinski definition) is 1. The quantitative estimate of drug-likeness (QED) is 0.842. The van der Waals surface area contributed by atoms with Crippen molar-refractivity contribution in [3.8, 4) is 0 Å². The Morgan fingerprint density at radius 1 is 1.29 bits per heavy atom. The predicted molar refractivity (Wildman–Crippen MR) is 73.9 cm³/mol. The Balaban J connectivity index is 1.60. The van der Waals surface area contributed by atoms with E-state index in [-0.39, 0.29) is 23.7 Å². The molecule has 118 valence electrons. The third-order valence-electron chi connectivity index (χ3n) is 4.75. The van der Waals surface area contributed by atoms with Crippen molar-refractivity contribution in [3.63, 3.8) is 0 Å². The number of carboxylic acid groups (broad SMARTS) is 1. The summed E-state index contributed by atoms with van der Waals surface area (Å²) in [4.78, 5) is 25.1. The van der Waals surface area contributed by atoms with Gasteiger partial charge in [-0.15, -0.1) is 0 Å². The van der Waals surface area contributed by atoms with Crippen molar-refractivity contribution in [2.45, 2.75) is 57.8 Å². The molecule has 4 fully saturated rings. The largest absolute Gasteiger partial charge is 0.481 e. The molecule has 4 rings (SSSR count). The smallest absolute Gasteiger partial charge is 0.410 e. The van der Waals surface area contributed by atoms with Gasteiger partial charge in [0.25, 0.3) is 0 Å². The molecule has 1 atom stereocenters. The first-order valence-electron chi connectivity index (χ1n) is 7.44. The van der Waals surface area contributed by atoms with Crippen LogP contribution in [0, 0.1) is 11.3 Å². The highest BCUT2D eigenvalue weighted by molar-refractivity contribution is 5.78. The van der Waals surface area contributed by atoms with E-state index >= 15 is 0 Å². The van der Waals surface area contributed by atoms with Crippen molar-refractivity contribution < 1.29 is 24.2 Å². The van der Waals surface area contributed by atoms with Gasteiger partial charge in [0, 0.05) is 19.0 Å². The van der Waals surface area contributed by atoms with Crippen molar-refractivity contribution in [1.82, 2.24) is 4.90 Å². The van der Waals surface area contributed by atoms with Gasteiger partial charge in [0.1, 0.15) is 5.60 Å². The highest BCUT2D eigenvalue weighted by atomic mass is 16.6. The van der Waals surface area contributed by atoms with Gasteiger partial charge in [-0.1, -0.05) is 0 Å². The highest BCUT2D eigenvalue weighted by Gasteiger charge is 2.72. The van der Waals surface area contributed by atoms with Crippen LogP contribution in [0.25, 0.3) is 0 Å². The van der Waals surface area contributed by atoms with Crippen LogP contribution in [0.1, 0.15) is 40.5 Å². The lowest BCUT2D eigenvalue weighted by atomic mass is 9.58. The van der Waals surface area contributed by atoms with E-state index in [9.17, 15) is 14.7 Å². The van der Waals surface area contributed by atoms with Gasteiger partial charge in [-0.3, -0.25) is 4.79 Å². The summed E-state index contributed by atoms with van der Waals surface area (Å²) < 4.78 is 11.3. The number of ether oxygens (including phenoxy) is 2. The average molecular weight is 297 g/mol. The number of carboxylic acids is 1. The third-order valence-corrected chi connectivity index (χ3v) is 4.75. The summed E-state index contributed by atoms with van der Waals surface area (Å²) in [6, 6.07) is 0. The zero-order chi connectivity index (χ0) is 15.6. The molecule has 0 radical (unpaired) electrons. The molecule has 0 aromatic carbocycles. The number of likely N-dealkylation sites (tertiary alicyclic amines) is 1. The van der Waals surface area contributed by atoms with Crippen LogP contribution in [-0.4, -0.2) is 52.5 Å². The molecule has 4 aliphatic rings. The number of rotatable bonds is 2. The van der Waals surface area contributed by atoms with Gasteiger partial charge in [0.15, 0.2) is 0 Å². The lowest BCUT2D eigenvalue weighted by Gasteiger charge is -2.45. The number of carbonyl (C=O) groups is 2. The number of nitrogens with zero attached hydrogens (tertiary/aromatic N) is 1. The second-order valence-corrected chi connectivity index (χ2v) is 7.95. The van der Waals surface area contributed by atoms with Gasteiger partial charge >= 0.3 is 12.1 Å². The molecule has 6 heteroatoms. The molecular weight excluding hydrogens is 274 g/mol. The second-order valence-electron chi connectivity index (χ2n) is 7.95. The van der Waals surface area contributed by atoms with Crippen molar-refractivity contribution >= 4 is 12.1 Å². The third kappa shape index (κ3) is 2.20. The van der Waals surface area contributed by atoms with Crippen LogP contribution in [0.2, 0.25) is 0 Å². The van der Waals surface area contributed by atoms with Gasteiger partial charge in [0.2, 0.25) is 0 Å². The predicted octanol–water partition coefficient (Wildman–Crippen LogP) is 1.88. The molecular formula is C15H23NO5. The molecule has 1 amide bonds. The van der Waals surface area contributed by atoms with Crippen molar-refractivity contribution in [2.75, 3.05) is 13.1 Å². The Morgan fingerprint density at radius 2 is 1.86 bits per heavy atom. The lowest BCUT2D eigenvalue weighted by molar-refractivity contribution is -0.156. The summed E-state index contributed by atoms with van der Waals surface area (Å²) in [6.07, 6.45) is 0.560. The van der Waals surface area contributed by atoms with Crippen LogP contribution in [0.4, 0.5) is 4.79 Å². The van der Waals surface area contributed by atoms with E-state index in [1.165, 1.54) is 0 Å². The normalized spacial score (nSPS) is 38.7. The molecule has 1 unspecified atom stereocenters. The second kappa shape index (κ2) is 4.12. The SMILES string of the molecule is CC(C)(C)OC(=O)N1CC(C2OC3(C)CC2(C(=O)O)C3)C1. The molecule has 0 aromatic heterocycles. The summed E-state index contributed by atoms with van der Waals surface area (Å²) in [7, 11) is 0. The summed E-state index contributed by atoms with van der Waals surface area (Å²) in [5, 5.41) is 9.51. The van der Waals surface area contributed by atoms with E-state index in [1.807, 2.05) is 27.7 Å². The van der Waals surface area contributed by atoms with Gasteiger partial charge < -0.3 is 19.5 Å². The molecule has 1 saturated carbocycles. The fourth-order valence-corrected chi connectivity index (χ4v) is 3.99. The van der Waals surface area contributed by atoms with E-state index in [0.717, 1.165) is 0 Å². The van der Waals surface area contributed by atoms with E-state index < -0.39 is 17.0 Å². The summed E-state index contributed by atoms with van der Waals surface area (Å²) in [5.74, 6) is -0.670. The minimum atomic E-state index is -0.766. The van der Waals surface area contributed by atoms with Gasteiger partial charge in [-0.25, -0.2) is 4.79 Å². The summed E-state index contributed by atoms with van der Waals surface area (Å²) in [6.45, 7) is 8.50. The molecule has 21 heavy (non-hydrogen) atoms. The number of carbonyl (C=O) groups excluding carboxylic acids is 1. The van der Waals surface area contributed by atoms with Crippen LogP contribution in [0.15, 0.2) is 0 Å². The van der Waals surface area contributed by atoms with E-state index in [0.29, 0.717) is 25.9 Å². The Kier molecular flexibility index (Phi) is 2.87. The topological polar surface area (TPSA) is 76.1 Å². The average Bonchev–Trinajstić information content (AvgIpc) is 2.61. The number of aliphatic carboxylic acids is 1. The fraction of sp³-hybridized carbons (Fsp3) is 0.867. The molecule has 3 aliphatic heterocycles. The summed E-state index contributed by atoms with van der Waals surface area (Å²) in [5.41, 5.74) is -1.53. The zero-order valence-corrected chi connectivity index (χ0v) is 13.0. The molecule has 6 nitrogen and oxygen atoms in total. The maximum Gasteiger partial charge on any atom is 0.410 e. The number of amides is 1. The highest BCUT2D eigenvalue weighted by Crippen LogP contribution is 2.63. The van der Waals surface area contributed by atoms with Gasteiger partial charge in [-0.2, -0.15) is 0 Å². The molecule has 0 aromatic rings. The van der Waals surface area contributed by atoms with Crippen LogP contribution >= 0.6 is 0 Å². The lowest BCUT2D eigenvalue weighted by Crippen LogP contribution is -2.59. The standard InChI is InChI=1S/C15H23NO5/c1-13(2,3)21-12(19)16-5-9(6-16)10-15(11(17)18)7-14(4,8-15)20-10/h9-10H,5-8H2,1-4H3,(H,17,18). The fourth-order valence-electron chi connectivity index (χ4n) is 3.99.